The third kappa shape index (κ3) is 1.81. The van der Waals surface area contributed by atoms with Gasteiger partial charge in [0.1, 0.15) is 0 Å². The molecule has 0 fully saturated rings. The number of hydrogen-bond donors (Lipinski definition) is 0. The second kappa shape index (κ2) is 3.56. The van der Waals surface area contributed by atoms with Crippen LogP contribution in [0.1, 0.15) is 5.82 Å². The first-order valence-corrected chi connectivity index (χ1v) is 3.62. The highest BCUT2D eigenvalue weighted by atomic mass is 19.4. The minimum absolute atomic E-state index is 0.536. The van der Waals surface area contributed by atoms with Crippen molar-refractivity contribution in [3.63, 3.8) is 0 Å². The highest BCUT2D eigenvalue weighted by Gasteiger charge is 2.75. The van der Waals surface area contributed by atoms with Crippen LogP contribution in [0, 0.1) is 6.20 Å². The molecule has 0 unspecified atom stereocenters. The lowest BCUT2D eigenvalue weighted by atomic mass is 10.0. The summed E-state index contributed by atoms with van der Waals surface area (Å²) in [5.74, 6) is -2.03. The summed E-state index contributed by atoms with van der Waals surface area (Å²) >= 11 is 0. The molecule has 2 nitrogen and oxygen atoms in total. The lowest BCUT2D eigenvalue weighted by molar-refractivity contribution is -0.351. The van der Waals surface area contributed by atoms with Gasteiger partial charge in [0, 0.05) is 6.20 Å². The number of rotatable bonds is 1. The Morgan fingerprint density at radius 3 is 1.75 bits per heavy atom. The molecule has 89 valence electrons. The van der Waals surface area contributed by atoms with Gasteiger partial charge < -0.3 is 0 Å². The van der Waals surface area contributed by atoms with Gasteiger partial charge in [-0.05, 0) is 6.07 Å². The Kier molecular flexibility index (Phi) is 2.82. The normalized spacial score (nSPS) is 13.9. The van der Waals surface area contributed by atoms with E-state index in [1.54, 1.807) is 6.20 Å². The van der Waals surface area contributed by atoms with Crippen LogP contribution in [-0.2, 0) is 5.67 Å². The van der Waals surface area contributed by atoms with E-state index in [0.717, 1.165) is 6.07 Å². The molecule has 1 heterocycles. The van der Waals surface area contributed by atoms with E-state index < -0.39 is 23.8 Å². The van der Waals surface area contributed by atoms with E-state index in [0.29, 0.717) is 6.20 Å². The minimum atomic E-state index is -6.19. The van der Waals surface area contributed by atoms with Crippen LogP contribution in [0.3, 0.4) is 0 Å². The molecule has 0 amide bonds. The average Bonchev–Trinajstić information content (AvgIpc) is 2.14. The number of hydrogen-bond acceptors (Lipinski definition) is 2. The van der Waals surface area contributed by atoms with Crippen molar-refractivity contribution in [1.29, 1.82) is 0 Å². The van der Waals surface area contributed by atoms with Crippen LogP contribution in [-0.4, -0.2) is 22.3 Å². The number of alkyl halides is 7. The van der Waals surface area contributed by atoms with Crippen LogP contribution in [0.4, 0.5) is 30.7 Å². The van der Waals surface area contributed by atoms with Gasteiger partial charge in [0.05, 0.1) is 6.20 Å². The van der Waals surface area contributed by atoms with E-state index in [2.05, 4.69) is 9.97 Å². The molecular formula is C7H2F7N2. The third-order valence-electron chi connectivity index (χ3n) is 1.61. The van der Waals surface area contributed by atoms with Crippen LogP contribution in [0.5, 0.6) is 0 Å². The van der Waals surface area contributed by atoms with Crippen LogP contribution in [0.2, 0.25) is 0 Å². The van der Waals surface area contributed by atoms with Crippen molar-refractivity contribution >= 4 is 0 Å². The third-order valence-corrected chi connectivity index (χ3v) is 1.61. The van der Waals surface area contributed by atoms with Crippen molar-refractivity contribution in [2.75, 3.05) is 0 Å². The molecule has 1 aromatic heterocycles. The van der Waals surface area contributed by atoms with Crippen molar-refractivity contribution in [2.45, 2.75) is 18.0 Å². The van der Waals surface area contributed by atoms with Crippen molar-refractivity contribution in [1.82, 2.24) is 9.97 Å². The molecule has 9 heteroatoms. The molecule has 0 aromatic carbocycles. The molecule has 1 rings (SSSR count). The molecule has 0 N–H and O–H groups in total. The summed E-state index contributed by atoms with van der Waals surface area (Å²) in [5, 5.41) is 0. The highest BCUT2D eigenvalue weighted by Crippen LogP contribution is 2.51. The predicted molar refractivity (Wildman–Crippen MR) is 35.8 cm³/mol. The van der Waals surface area contributed by atoms with Gasteiger partial charge >= 0.3 is 18.0 Å². The highest BCUT2D eigenvalue weighted by molar-refractivity contribution is 5.10. The van der Waals surface area contributed by atoms with E-state index in [9.17, 15) is 30.7 Å². The molecule has 1 aromatic rings. The Labute approximate surface area is 84.1 Å². The van der Waals surface area contributed by atoms with E-state index >= 15 is 0 Å². The van der Waals surface area contributed by atoms with Gasteiger partial charge in [0.2, 0.25) is 0 Å². The van der Waals surface area contributed by atoms with E-state index in [-0.39, 0.29) is 0 Å². The zero-order valence-corrected chi connectivity index (χ0v) is 7.19. The molecule has 0 atom stereocenters. The number of halogens is 7. The molecule has 0 saturated carbocycles. The molecule has 16 heavy (non-hydrogen) atoms. The molecule has 0 aliphatic carbocycles. The zero-order chi connectivity index (χ0) is 12.6. The lowest BCUT2D eigenvalue weighted by Gasteiger charge is -2.27. The smallest absolute Gasteiger partial charge is 0.237 e. The SMILES string of the molecule is FC(F)(F)C(F)(c1n[c]ccn1)C(F)(F)F. The maximum absolute atomic E-state index is 13.1. The first-order chi connectivity index (χ1) is 7.11. The van der Waals surface area contributed by atoms with E-state index in [1.807, 2.05) is 0 Å². The first-order valence-electron chi connectivity index (χ1n) is 3.62. The molecular weight excluding hydrogens is 245 g/mol. The number of nitrogens with zero attached hydrogens (tertiary/aromatic N) is 2. The molecule has 1 radical (unpaired) electrons. The monoisotopic (exact) mass is 247 g/mol. The van der Waals surface area contributed by atoms with Crippen LogP contribution in [0.25, 0.3) is 0 Å². The van der Waals surface area contributed by atoms with Gasteiger partial charge in [-0.2, -0.15) is 26.3 Å². The zero-order valence-electron chi connectivity index (χ0n) is 7.19. The molecule has 0 aliphatic heterocycles. The Morgan fingerprint density at radius 2 is 1.44 bits per heavy atom. The van der Waals surface area contributed by atoms with Gasteiger partial charge in [-0.1, -0.05) is 0 Å². The second-order valence-corrected chi connectivity index (χ2v) is 2.66. The minimum Gasteiger partial charge on any atom is -0.237 e. The fourth-order valence-corrected chi connectivity index (χ4v) is 0.849. The summed E-state index contributed by atoms with van der Waals surface area (Å²) in [6.45, 7) is 0. The fraction of sp³-hybridized carbons (Fsp3) is 0.429. The topological polar surface area (TPSA) is 25.8 Å². The summed E-state index contributed by atoms with van der Waals surface area (Å²) in [7, 11) is 0. The Morgan fingerprint density at radius 1 is 0.938 bits per heavy atom. The summed E-state index contributed by atoms with van der Waals surface area (Å²) in [4.78, 5) is 5.16. The first kappa shape index (κ1) is 12.7. The van der Waals surface area contributed by atoms with Crippen molar-refractivity contribution < 1.29 is 30.7 Å². The van der Waals surface area contributed by atoms with Gasteiger partial charge in [-0.25, -0.2) is 14.4 Å². The van der Waals surface area contributed by atoms with Gasteiger partial charge in [0.15, 0.2) is 5.82 Å². The largest absolute Gasteiger partial charge is 0.439 e. The van der Waals surface area contributed by atoms with Crippen LogP contribution >= 0.6 is 0 Å². The standard InChI is InChI=1S/C7H2F7N2/c8-5(6(9,10)11,7(12,13)14)4-15-2-1-3-16-4/h1-2H. The van der Waals surface area contributed by atoms with E-state index in [4.69, 9.17) is 0 Å². The van der Waals surface area contributed by atoms with Crippen molar-refractivity contribution in [3.8, 4) is 0 Å². The van der Waals surface area contributed by atoms with Gasteiger partial charge in [-0.3, -0.25) is 0 Å². The number of aromatic nitrogens is 2. The van der Waals surface area contributed by atoms with E-state index in [1.165, 1.54) is 0 Å². The summed E-state index contributed by atoms with van der Waals surface area (Å²) in [5.41, 5.74) is -5.59. The molecule has 0 spiro atoms. The quantitative estimate of drug-likeness (QED) is 0.713. The summed E-state index contributed by atoms with van der Waals surface area (Å²) in [6.07, 6.45) is -10.2. The maximum Gasteiger partial charge on any atom is 0.439 e. The Hall–Kier alpha value is -1.41. The van der Waals surface area contributed by atoms with Crippen LogP contribution in [0.15, 0.2) is 12.3 Å². The lowest BCUT2D eigenvalue weighted by Crippen LogP contribution is -2.51. The summed E-state index contributed by atoms with van der Waals surface area (Å²) < 4.78 is 85.7. The van der Waals surface area contributed by atoms with Gasteiger partial charge in [-0.15, -0.1) is 0 Å². The second-order valence-electron chi connectivity index (χ2n) is 2.66. The predicted octanol–water partition coefficient (Wildman–Crippen LogP) is 2.57. The van der Waals surface area contributed by atoms with Crippen LogP contribution < -0.4 is 0 Å². The average molecular weight is 247 g/mol. The van der Waals surface area contributed by atoms with Gasteiger partial charge in [0.25, 0.3) is 0 Å². The molecule has 0 bridgehead atoms. The Bertz CT molecular complexity index is 341. The molecule has 0 aliphatic rings. The Balaban J connectivity index is 3.39. The molecule has 0 saturated heterocycles. The van der Waals surface area contributed by atoms with Crippen molar-refractivity contribution in [2.24, 2.45) is 0 Å². The summed E-state index contributed by atoms with van der Waals surface area (Å²) in [6, 6.07) is 0.844. The maximum atomic E-state index is 13.1. The van der Waals surface area contributed by atoms with Crippen molar-refractivity contribution in [3.05, 3.63) is 24.3 Å². The fourth-order valence-electron chi connectivity index (χ4n) is 0.849.